The van der Waals surface area contributed by atoms with Gasteiger partial charge < -0.3 is 14.9 Å². The van der Waals surface area contributed by atoms with Crippen LogP contribution in [0.2, 0.25) is 0 Å². The van der Waals surface area contributed by atoms with Crippen molar-refractivity contribution >= 4 is 17.6 Å². The van der Waals surface area contributed by atoms with Crippen LogP contribution in [0.5, 0.6) is 0 Å². The average Bonchev–Trinajstić information content (AvgIpc) is 2.75. The Morgan fingerprint density at radius 1 is 1.32 bits per heavy atom. The van der Waals surface area contributed by atoms with Gasteiger partial charge in [0, 0.05) is 0 Å². The lowest BCUT2D eigenvalue weighted by molar-refractivity contribution is 0.0697. The predicted molar refractivity (Wildman–Crippen MR) is 67.3 cm³/mol. The molecule has 6 heteroatoms. The van der Waals surface area contributed by atoms with Gasteiger partial charge in [0.25, 0.3) is 5.91 Å². The highest BCUT2D eigenvalue weighted by molar-refractivity contribution is 6.08. The van der Waals surface area contributed by atoms with Gasteiger partial charge in [-0.05, 0) is 25.5 Å². The van der Waals surface area contributed by atoms with Crippen LogP contribution in [-0.4, -0.2) is 22.1 Å². The maximum Gasteiger partial charge on any atom is 0.338 e. The third-order valence-corrected chi connectivity index (χ3v) is 2.73. The topological polar surface area (TPSA) is 92.4 Å². The van der Waals surface area contributed by atoms with Crippen LogP contribution in [0, 0.1) is 13.8 Å². The fraction of sp³-hybridized carbons (Fsp3) is 0.154. The number of carbonyl (C=O) groups excluding carboxylic acids is 1. The minimum absolute atomic E-state index is 0.0740. The standard InChI is InChI=1S/C13H12N2O4/c1-7-4-3-5-10(11(7)13(17)18)15-12(16)9-6-14-19-8(9)2/h3-6H,1-2H3,(H,15,16)(H,17,18). The summed E-state index contributed by atoms with van der Waals surface area (Å²) in [5.41, 5.74) is 1.17. The van der Waals surface area contributed by atoms with E-state index in [2.05, 4.69) is 10.5 Å². The van der Waals surface area contributed by atoms with Crippen molar-refractivity contribution in [2.75, 3.05) is 5.32 Å². The predicted octanol–water partition coefficient (Wildman–Crippen LogP) is 2.24. The molecule has 2 rings (SSSR count). The number of amides is 1. The van der Waals surface area contributed by atoms with Crippen molar-refractivity contribution in [3.63, 3.8) is 0 Å². The Balaban J connectivity index is 2.35. The van der Waals surface area contributed by atoms with Crippen LogP contribution in [0.15, 0.2) is 28.9 Å². The molecule has 0 fully saturated rings. The molecule has 1 aromatic carbocycles. The van der Waals surface area contributed by atoms with Crippen molar-refractivity contribution in [3.8, 4) is 0 Å². The van der Waals surface area contributed by atoms with Gasteiger partial charge >= 0.3 is 5.97 Å². The van der Waals surface area contributed by atoms with Gasteiger partial charge in [-0.15, -0.1) is 0 Å². The van der Waals surface area contributed by atoms with E-state index >= 15 is 0 Å². The summed E-state index contributed by atoms with van der Waals surface area (Å²) < 4.78 is 4.80. The highest BCUT2D eigenvalue weighted by Gasteiger charge is 2.18. The lowest BCUT2D eigenvalue weighted by atomic mass is 10.1. The van der Waals surface area contributed by atoms with Crippen molar-refractivity contribution in [1.82, 2.24) is 5.16 Å². The molecule has 0 aliphatic heterocycles. The van der Waals surface area contributed by atoms with Crippen molar-refractivity contribution in [3.05, 3.63) is 46.8 Å². The number of aryl methyl sites for hydroxylation is 2. The minimum Gasteiger partial charge on any atom is -0.478 e. The molecule has 0 spiro atoms. The number of rotatable bonds is 3. The Kier molecular flexibility index (Phi) is 3.33. The summed E-state index contributed by atoms with van der Waals surface area (Å²) in [6.07, 6.45) is 1.29. The first-order chi connectivity index (χ1) is 9.00. The van der Waals surface area contributed by atoms with Crippen LogP contribution in [0.25, 0.3) is 0 Å². The lowest BCUT2D eigenvalue weighted by Crippen LogP contribution is -2.15. The molecule has 0 saturated carbocycles. The van der Waals surface area contributed by atoms with Crippen LogP contribution >= 0.6 is 0 Å². The van der Waals surface area contributed by atoms with E-state index in [0.29, 0.717) is 11.3 Å². The molecule has 0 bridgehead atoms. The SMILES string of the molecule is Cc1cccc(NC(=O)c2cnoc2C)c1C(=O)O. The van der Waals surface area contributed by atoms with Gasteiger partial charge in [-0.3, -0.25) is 4.79 Å². The maximum atomic E-state index is 12.0. The normalized spacial score (nSPS) is 10.2. The van der Waals surface area contributed by atoms with E-state index in [0.717, 1.165) is 0 Å². The highest BCUT2D eigenvalue weighted by atomic mass is 16.5. The molecule has 0 atom stereocenters. The molecule has 1 amide bonds. The summed E-state index contributed by atoms with van der Waals surface area (Å²) in [6, 6.07) is 4.89. The second kappa shape index (κ2) is 4.93. The van der Waals surface area contributed by atoms with E-state index < -0.39 is 11.9 Å². The summed E-state index contributed by atoms with van der Waals surface area (Å²) in [5, 5.41) is 15.2. The number of nitrogens with one attached hydrogen (secondary N) is 1. The second-order valence-corrected chi connectivity index (χ2v) is 4.05. The Bertz CT molecular complexity index is 646. The Morgan fingerprint density at radius 2 is 2.05 bits per heavy atom. The fourth-order valence-electron chi connectivity index (χ4n) is 1.76. The van der Waals surface area contributed by atoms with Gasteiger partial charge in [0.05, 0.1) is 17.4 Å². The molecule has 19 heavy (non-hydrogen) atoms. The molecular formula is C13H12N2O4. The van der Waals surface area contributed by atoms with E-state index in [-0.39, 0.29) is 16.8 Å². The van der Waals surface area contributed by atoms with E-state index in [1.165, 1.54) is 12.3 Å². The second-order valence-electron chi connectivity index (χ2n) is 4.05. The number of nitrogens with zero attached hydrogens (tertiary/aromatic N) is 1. The first kappa shape index (κ1) is 12.8. The van der Waals surface area contributed by atoms with Crippen LogP contribution in [-0.2, 0) is 0 Å². The first-order valence-electron chi connectivity index (χ1n) is 5.56. The number of anilines is 1. The zero-order valence-electron chi connectivity index (χ0n) is 10.4. The van der Waals surface area contributed by atoms with Gasteiger partial charge in [-0.25, -0.2) is 4.79 Å². The molecule has 0 saturated heterocycles. The van der Waals surface area contributed by atoms with Gasteiger partial charge in [-0.1, -0.05) is 17.3 Å². The molecule has 6 nitrogen and oxygen atoms in total. The first-order valence-corrected chi connectivity index (χ1v) is 5.56. The summed E-state index contributed by atoms with van der Waals surface area (Å²) in [6.45, 7) is 3.28. The van der Waals surface area contributed by atoms with E-state index in [9.17, 15) is 9.59 Å². The number of aromatic carboxylic acids is 1. The smallest absolute Gasteiger partial charge is 0.338 e. The number of carbonyl (C=O) groups is 2. The molecule has 1 heterocycles. The number of hydrogen-bond donors (Lipinski definition) is 2. The Morgan fingerprint density at radius 3 is 2.63 bits per heavy atom. The third kappa shape index (κ3) is 2.47. The zero-order chi connectivity index (χ0) is 14.0. The van der Waals surface area contributed by atoms with E-state index in [1.54, 1.807) is 26.0 Å². The Labute approximate surface area is 109 Å². The van der Waals surface area contributed by atoms with Gasteiger partial charge in [0.15, 0.2) is 0 Å². The summed E-state index contributed by atoms with van der Waals surface area (Å²) in [4.78, 5) is 23.2. The van der Waals surface area contributed by atoms with E-state index in [1.807, 2.05) is 0 Å². The quantitative estimate of drug-likeness (QED) is 0.882. The number of carboxylic acids is 1. The van der Waals surface area contributed by atoms with Gasteiger partial charge in [-0.2, -0.15) is 0 Å². The largest absolute Gasteiger partial charge is 0.478 e. The Hall–Kier alpha value is -2.63. The molecule has 0 aliphatic carbocycles. The lowest BCUT2D eigenvalue weighted by Gasteiger charge is -2.09. The molecular weight excluding hydrogens is 248 g/mol. The summed E-state index contributed by atoms with van der Waals surface area (Å²) in [7, 11) is 0. The minimum atomic E-state index is -1.09. The van der Waals surface area contributed by atoms with Gasteiger partial charge in [0.1, 0.15) is 11.3 Å². The summed E-state index contributed by atoms with van der Waals surface area (Å²) in [5.74, 6) is -1.16. The van der Waals surface area contributed by atoms with Crippen molar-refractivity contribution in [1.29, 1.82) is 0 Å². The van der Waals surface area contributed by atoms with Crippen molar-refractivity contribution < 1.29 is 19.2 Å². The van der Waals surface area contributed by atoms with Crippen LogP contribution in [0.4, 0.5) is 5.69 Å². The van der Waals surface area contributed by atoms with Crippen LogP contribution in [0.1, 0.15) is 32.0 Å². The van der Waals surface area contributed by atoms with Crippen LogP contribution in [0.3, 0.4) is 0 Å². The number of benzene rings is 1. The summed E-state index contributed by atoms with van der Waals surface area (Å²) >= 11 is 0. The highest BCUT2D eigenvalue weighted by Crippen LogP contribution is 2.20. The molecule has 1 aromatic heterocycles. The van der Waals surface area contributed by atoms with Crippen molar-refractivity contribution in [2.45, 2.75) is 13.8 Å². The van der Waals surface area contributed by atoms with Crippen LogP contribution < -0.4 is 5.32 Å². The maximum absolute atomic E-state index is 12.0. The number of carboxylic acid groups (broad SMARTS) is 1. The molecule has 2 aromatic rings. The molecule has 98 valence electrons. The van der Waals surface area contributed by atoms with Crippen molar-refractivity contribution in [2.24, 2.45) is 0 Å². The molecule has 0 radical (unpaired) electrons. The molecule has 0 aliphatic rings. The zero-order valence-corrected chi connectivity index (χ0v) is 10.4. The molecule has 0 unspecified atom stereocenters. The monoisotopic (exact) mass is 260 g/mol. The van der Waals surface area contributed by atoms with Gasteiger partial charge in [0.2, 0.25) is 0 Å². The average molecular weight is 260 g/mol. The fourth-order valence-corrected chi connectivity index (χ4v) is 1.76. The number of hydrogen-bond acceptors (Lipinski definition) is 4. The van der Waals surface area contributed by atoms with E-state index in [4.69, 9.17) is 9.63 Å². The number of aromatic nitrogens is 1. The molecule has 2 N–H and O–H groups in total. The third-order valence-electron chi connectivity index (χ3n) is 2.73.